The van der Waals surface area contributed by atoms with Crippen molar-refractivity contribution in [2.45, 2.75) is 18.9 Å². The molecule has 1 aliphatic rings. The van der Waals surface area contributed by atoms with E-state index < -0.39 is 6.67 Å². The maximum Gasteiger partial charge on any atom is 0.155 e. The van der Waals surface area contributed by atoms with E-state index in [0.29, 0.717) is 25.2 Å². The van der Waals surface area contributed by atoms with Gasteiger partial charge in [0.05, 0.1) is 25.1 Å². The monoisotopic (exact) mass is 474 g/mol. The smallest absolute Gasteiger partial charge is 0.155 e. The summed E-state index contributed by atoms with van der Waals surface area (Å²) in [6.45, 7) is 4.95. The minimum Gasteiger partial charge on any atom is -0.504 e. The Morgan fingerprint density at radius 3 is 2.37 bits per heavy atom. The summed E-state index contributed by atoms with van der Waals surface area (Å²) in [6, 6.07) is 16.5. The summed E-state index contributed by atoms with van der Waals surface area (Å²) in [7, 11) is 0. The fraction of sp³-hybridized carbons (Fsp3) is 0.357. The van der Waals surface area contributed by atoms with Crippen molar-refractivity contribution in [1.29, 1.82) is 0 Å². The van der Waals surface area contributed by atoms with Crippen molar-refractivity contribution < 1.29 is 14.2 Å². The summed E-state index contributed by atoms with van der Waals surface area (Å²) in [4.78, 5) is 10.4. The molecule has 3 aromatic rings. The molecule has 2 N–H and O–H groups in total. The molecule has 1 fully saturated rings. The third-order valence-corrected chi connectivity index (χ3v) is 6.07. The molecule has 182 valence electrons. The highest BCUT2D eigenvalue weighted by Crippen LogP contribution is 2.24. The summed E-state index contributed by atoms with van der Waals surface area (Å²) in [5.41, 5.74) is 4.84. The molecule has 4 rings (SSSR count). The van der Waals surface area contributed by atoms with Gasteiger partial charge in [0.15, 0.2) is 5.75 Å². The lowest BCUT2D eigenvalue weighted by Gasteiger charge is -2.26. The minimum absolute atomic E-state index is 0.0309. The zero-order valence-electron chi connectivity index (χ0n) is 19.8. The van der Waals surface area contributed by atoms with Crippen LogP contribution in [0.4, 0.5) is 4.39 Å². The van der Waals surface area contributed by atoms with Crippen LogP contribution in [0.5, 0.6) is 5.75 Å². The molecule has 0 bridgehead atoms. The topological polar surface area (TPSA) is 70.5 Å². The number of nitrogens with zero attached hydrogens (tertiary/aromatic N) is 3. The van der Waals surface area contributed by atoms with E-state index in [2.05, 4.69) is 56.3 Å². The Kier molecular flexibility index (Phi) is 9.18. The number of halogens is 1. The lowest BCUT2D eigenvalue weighted by molar-refractivity contribution is 0.0342. The molecule has 2 aromatic carbocycles. The SMILES string of the molecule is Oc1cncnc1CC(CNCCF)c1ccc(C#Cc2ccc(CN3CCOCC3)cc2)cc1. The molecule has 1 unspecified atom stereocenters. The van der Waals surface area contributed by atoms with Crippen LogP contribution in [0.15, 0.2) is 61.1 Å². The standard InChI is InChI=1S/C28H31FN4O2/c29-11-12-30-18-26(17-27-28(34)19-31-21-32-27)25-9-7-23(8-10-25)2-1-22-3-5-24(6-4-22)20-33-13-15-35-16-14-33/h3-10,19,21,26,30,34H,11-18,20H2. The Hall–Kier alpha value is -3.31. The van der Waals surface area contributed by atoms with Crippen LogP contribution in [-0.2, 0) is 17.7 Å². The largest absolute Gasteiger partial charge is 0.504 e. The fourth-order valence-electron chi connectivity index (χ4n) is 4.08. The predicted octanol–water partition coefficient (Wildman–Crippen LogP) is 3.30. The van der Waals surface area contributed by atoms with Crippen LogP contribution in [0.3, 0.4) is 0 Å². The van der Waals surface area contributed by atoms with E-state index >= 15 is 0 Å². The number of benzene rings is 2. The number of nitrogens with one attached hydrogen (secondary N) is 1. The van der Waals surface area contributed by atoms with E-state index in [1.807, 2.05) is 24.3 Å². The Balaban J connectivity index is 1.40. The molecule has 1 aromatic heterocycles. The average Bonchev–Trinajstić information content (AvgIpc) is 2.90. The zero-order chi connectivity index (χ0) is 24.3. The number of hydrogen-bond donors (Lipinski definition) is 2. The molecule has 0 radical (unpaired) electrons. The molecular weight excluding hydrogens is 443 g/mol. The highest BCUT2D eigenvalue weighted by Gasteiger charge is 2.16. The number of hydrogen-bond acceptors (Lipinski definition) is 6. The van der Waals surface area contributed by atoms with Crippen LogP contribution in [0, 0.1) is 11.8 Å². The number of aromatic hydroxyl groups is 1. The normalized spacial score (nSPS) is 14.8. The Bertz CT molecular complexity index is 1120. The lowest BCUT2D eigenvalue weighted by Crippen LogP contribution is -2.35. The van der Waals surface area contributed by atoms with Crippen LogP contribution >= 0.6 is 0 Å². The van der Waals surface area contributed by atoms with Gasteiger partial charge in [-0.3, -0.25) is 4.90 Å². The maximum absolute atomic E-state index is 12.6. The molecule has 1 saturated heterocycles. The van der Waals surface area contributed by atoms with Crippen LogP contribution < -0.4 is 5.32 Å². The second-order valence-electron chi connectivity index (χ2n) is 8.61. The van der Waals surface area contributed by atoms with Crippen molar-refractivity contribution in [1.82, 2.24) is 20.2 Å². The Labute approximate surface area is 206 Å². The lowest BCUT2D eigenvalue weighted by atomic mass is 9.93. The predicted molar refractivity (Wildman–Crippen MR) is 134 cm³/mol. The van der Waals surface area contributed by atoms with Gasteiger partial charge in [-0.2, -0.15) is 0 Å². The van der Waals surface area contributed by atoms with E-state index in [4.69, 9.17) is 4.74 Å². The average molecular weight is 475 g/mol. The number of ether oxygens (including phenoxy) is 1. The highest BCUT2D eigenvalue weighted by atomic mass is 19.1. The van der Waals surface area contributed by atoms with Gasteiger partial charge in [0.25, 0.3) is 0 Å². The molecule has 6 nitrogen and oxygen atoms in total. The molecule has 1 aliphatic heterocycles. The van der Waals surface area contributed by atoms with E-state index in [-0.39, 0.29) is 11.7 Å². The second kappa shape index (κ2) is 13.0. The van der Waals surface area contributed by atoms with E-state index in [1.54, 1.807) is 0 Å². The third kappa shape index (κ3) is 7.59. The molecule has 35 heavy (non-hydrogen) atoms. The first kappa shape index (κ1) is 24.8. The highest BCUT2D eigenvalue weighted by molar-refractivity contribution is 5.44. The van der Waals surface area contributed by atoms with Crippen LogP contribution in [-0.4, -0.2) is 66.0 Å². The van der Waals surface area contributed by atoms with Crippen molar-refractivity contribution in [3.05, 3.63) is 89.0 Å². The van der Waals surface area contributed by atoms with Crippen LogP contribution in [0.1, 0.15) is 33.9 Å². The molecule has 0 amide bonds. The van der Waals surface area contributed by atoms with Gasteiger partial charge < -0.3 is 15.2 Å². The summed E-state index contributed by atoms with van der Waals surface area (Å²) in [5.74, 6) is 6.58. The maximum atomic E-state index is 12.6. The van der Waals surface area contributed by atoms with E-state index in [0.717, 1.165) is 49.5 Å². The Morgan fingerprint density at radius 2 is 1.71 bits per heavy atom. The van der Waals surface area contributed by atoms with Crippen molar-refractivity contribution in [3.8, 4) is 17.6 Å². The van der Waals surface area contributed by atoms with Gasteiger partial charge in [0, 0.05) is 56.2 Å². The first-order chi connectivity index (χ1) is 17.2. The number of rotatable bonds is 9. The van der Waals surface area contributed by atoms with Gasteiger partial charge >= 0.3 is 0 Å². The summed E-state index contributed by atoms with van der Waals surface area (Å²) < 4.78 is 18.0. The van der Waals surface area contributed by atoms with Crippen molar-refractivity contribution in [3.63, 3.8) is 0 Å². The molecular formula is C28H31FN4O2. The summed E-state index contributed by atoms with van der Waals surface area (Å²) >= 11 is 0. The van der Waals surface area contributed by atoms with E-state index in [1.165, 1.54) is 18.1 Å². The fourth-order valence-corrected chi connectivity index (χ4v) is 4.08. The molecule has 2 heterocycles. The number of morpholine rings is 1. The van der Waals surface area contributed by atoms with Gasteiger partial charge in [-0.05, 0) is 35.4 Å². The van der Waals surface area contributed by atoms with Gasteiger partial charge in [-0.25, -0.2) is 14.4 Å². The van der Waals surface area contributed by atoms with Crippen molar-refractivity contribution in [2.24, 2.45) is 0 Å². The van der Waals surface area contributed by atoms with Crippen LogP contribution in [0.2, 0.25) is 0 Å². The van der Waals surface area contributed by atoms with E-state index in [9.17, 15) is 9.50 Å². The van der Waals surface area contributed by atoms with Crippen molar-refractivity contribution in [2.75, 3.05) is 46.1 Å². The van der Waals surface area contributed by atoms with Gasteiger partial charge in [0.2, 0.25) is 0 Å². The van der Waals surface area contributed by atoms with Gasteiger partial charge in [0.1, 0.15) is 13.0 Å². The molecule has 7 heteroatoms. The summed E-state index contributed by atoms with van der Waals surface area (Å²) in [5, 5.41) is 13.2. The Morgan fingerprint density at radius 1 is 1.03 bits per heavy atom. The molecule has 0 saturated carbocycles. The first-order valence-corrected chi connectivity index (χ1v) is 12.0. The van der Waals surface area contributed by atoms with Gasteiger partial charge in [-0.1, -0.05) is 36.1 Å². The van der Waals surface area contributed by atoms with Crippen molar-refractivity contribution >= 4 is 0 Å². The molecule has 0 aliphatic carbocycles. The second-order valence-corrected chi connectivity index (χ2v) is 8.61. The molecule has 1 atom stereocenters. The quantitative estimate of drug-likeness (QED) is 0.366. The summed E-state index contributed by atoms with van der Waals surface area (Å²) in [6.07, 6.45) is 3.34. The van der Waals surface area contributed by atoms with Gasteiger partial charge in [-0.15, -0.1) is 0 Å². The number of aromatic nitrogens is 2. The zero-order valence-corrected chi connectivity index (χ0v) is 19.8. The minimum atomic E-state index is -0.422. The first-order valence-electron chi connectivity index (χ1n) is 12.0. The third-order valence-electron chi connectivity index (χ3n) is 6.07. The molecule has 0 spiro atoms. The number of alkyl halides is 1. The van der Waals surface area contributed by atoms with Crippen LogP contribution in [0.25, 0.3) is 0 Å².